The number of aryl methyl sites for hydroxylation is 1. The second-order valence-electron chi connectivity index (χ2n) is 7.77. The Morgan fingerprint density at radius 3 is 2.44 bits per heavy atom. The van der Waals surface area contributed by atoms with E-state index < -0.39 is 0 Å². The van der Waals surface area contributed by atoms with Crippen LogP contribution in [0.4, 0.5) is 5.69 Å². The summed E-state index contributed by atoms with van der Waals surface area (Å²) < 4.78 is 5.87. The molecule has 0 bridgehead atoms. The highest BCUT2D eigenvalue weighted by molar-refractivity contribution is 8.00. The van der Waals surface area contributed by atoms with Gasteiger partial charge in [-0.2, -0.15) is 0 Å². The van der Waals surface area contributed by atoms with E-state index in [1.807, 2.05) is 78.6 Å². The molecule has 1 saturated heterocycles. The molecule has 1 fully saturated rings. The Kier molecular flexibility index (Phi) is 7.12. The van der Waals surface area contributed by atoms with Crippen molar-refractivity contribution in [1.29, 1.82) is 0 Å². The molecule has 0 unspecified atom stereocenters. The Balaban J connectivity index is 1.37. The fraction of sp³-hybridized carbons (Fsp3) is 0.231. The van der Waals surface area contributed by atoms with Crippen LogP contribution in [0.5, 0.6) is 11.5 Å². The number of rotatable bonds is 7. The molecule has 1 N–H and O–H groups in total. The molecule has 164 valence electrons. The van der Waals surface area contributed by atoms with E-state index in [1.54, 1.807) is 6.07 Å². The smallest absolute Gasteiger partial charge is 0.256 e. The van der Waals surface area contributed by atoms with Crippen molar-refractivity contribution in [3.63, 3.8) is 0 Å². The first-order valence-electron chi connectivity index (χ1n) is 10.7. The summed E-state index contributed by atoms with van der Waals surface area (Å²) >= 11 is 1.41. The van der Waals surface area contributed by atoms with Crippen LogP contribution in [0.2, 0.25) is 0 Å². The second kappa shape index (κ2) is 10.4. The average molecular weight is 447 g/mol. The number of nitrogens with one attached hydrogen (secondary N) is 1. The van der Waals surface area contributed by atoms with Crippen molar-refractivity contribution < 1.29 is 14.3 Å². The average Bonchev–Trinajstić information content (AvgIpc) is 3.34. The lowest BCUT2D eigenvalue weighted by atomic mass is 10.2. The maximum atomic E-state index is 12.9. The summed E-state index contributed by atoms with van der Waals surface area (Å²) in [5, 5.41) is 2.94. The van der Waals surface area contributed by atoms with Gasteiger partial charge in [-0.25, -0.2) is 0 Å². The maximum absolute atomic E-state index is 12.9. The third kappa shape index (κ3) is 5.71. The van der Waals surface area contributed by atoms with Gasteiger partial charge in [-0.3, -0.25) is 9.59 Å². The summed E-state index contributed by atoms with van der Waals surface area (Å²) in [5.74, 6) is 1.75. The summed E-state index contributed by atoms with van der Waals surface area (Å²) in [5.41, 5.74) is 2.37. The Hall–Kier alpha value is -3.25. The van der Waals surface area contributed by atoms with Crippen molar-refractivity contribution in [2.75, 3.05) is 24.2 Å². The number of hydrogen-bond acceptors (Lipinski definition) is 4. The summed E-state index contributed by atoms with van der Waals surface area (Å²) in [6.07, 6.45) is 2.15. The van der Waals surface area contributed by atoms with Gasteiger partial charge < -0.3 is 15.0 Å². The van der Waals surface area contributed by atoms with Gasteiger partial charge in [0.05, 0.1) is 11.3 Å². The van der Waals surface area contributed by atoms with Crippen molar-refractivity contribution in [2.24, 2.45) is 0 Å². The Morgan fingerprint density at radius 1 is 0.938 bits per heavy atom. The molecule has 3 aromatic rings. The van der Waals surface area contributed by atoms with E-state index in [0.29, 0.717) is 22.8 Å². The number of carbonyl (C=O) groups excluding carboxylic acids is 2. The molecule has 0 radical (unpaired) electrons. The maximum Gasteiger partial charge on any atom is 0.256 e. The fourth-order valence-corrected chi connectivity index (χ4v) is 4.55. The molecule has 5 nitrogen and oxygen atoms in total. The molecular formula is C26H26N2O3S. The molecule has 0 spiro atoms. The summed E-state index contributed by atoms with van der Waals surface area (Å²) in [6, 6.07) is 22.5. The third-order valence-electron chi connectivity index (χ3n) is 5.28. The van der Waals surface area contributed by atoms with Gasteiger partial charge in [-0.1, -0.05) is 24.3 Å². The van der Waals surface area contributed by atoms with Crippen LogP contribution in [0, 0.1) is 6.92 Å². The number of likely N-dealkylation sites (tertiary alicyclic amines) is 1. The molecular weight excluding hydrogens is 420 g/mol. The molecule has 32 heavy (non-hydrogen) atoms. The van der Waals surface area contributed by atoms with Crippen LogP contribution in [0.3, 0.4) is 0 Å². The van der Waals surface area contributed by atoms with E-state index in [0.717, 1.165) is 42.1 Å². The molecule has 1 aliphatic heterocycles. The van der Waals surface area contributed by atoms with Gasteiger partial charge >= 0.3 is 0 Å². The predicted molar refractivity (Wildman–Crippen MR) is 129 cm³/mol. The van der Waals surface area contributed by atoms with Crippen LogP contribution in [-0.4, -0.2) is 35.6 Å². The SMILES string of the molecule is Cc1cccc(Oc2ccc(NC(=O)c3ccccc3SCC(=O)N3CCCC3)cc2)c1. The van der Waals surface area contributed by atoms with Crippen LogP contribution in [0.1, 0.15) is 28.8 Å². The Morgan fingerprint density at radius 2 is 1.69 bits per heavy atom. The van der Waals surface area contributed by atoms with Crippen LogP contribution < -0.4 is 10.1 Å². The lowest BCUT2D eigenvalue weighted by Gasteiger charge is -2.15. The highest BCUT2D eigenvalue weighted by Crippen LogP contribution is 2.26. The highest BCUT2D eigenvalue weighted by Gasteiger charge is 2.19. The van der Waals surface area contributed by atoms with Gasteiger partial charge in [0, 0.05) is 23.7 Å². The number of amides is 2. The van der Waals surface area contributed by atoms with Crippen LogP contribution >= 0.6 is 11.8 Å². The number of anilines is 1. The number of carbonyl (C=O) groups is 2. The largest absolute Gasteiger partial charge is 0.457 e. The standard InChI is InChI=1S/C26H26N2O3S/c1-19-7-6-8-22(17-19)31-21-13-11-20(12-14-21)27-26(30)23-9-2-3-10-24(23)32-18-25(29)28-15-4-5-16-28/h2-3,6-14,17H,4-5,15-16,18H2,1H3,(H,27,30). The van der Waals surface area contributed by atoms with Gasteiger partial charge in [0.15, 0.2) is 0 Å². The third-order valence-corrected chi connectivity index (χ3v) is 6.34. The number of benzene rings is 3. The number of ether oxygens (including phenoxy) is 1. The molecule has 2 amide bonds. The second-order valence-corrected chi connectivity index (χ2v) is 8.79. The van der Waals surface area contributed by atoms with E-state index in [2.05, 4.69) is 5.32 Å². The first kappa shape index (κ1) is 22.0. The molecule has 1 heterocycles. The topological polar surface area (TPSA) is 58.6 Å². The van der Waals surface area contributed by atoms with Gasteiger partial charge in [-0.15, -0.1) is 11.8 Å². The fourth-order valence-electron chi connectivity index (χ4n) is 3.60. The van der Waals surface area contributed by atoms with Gasteiger partial charge in [0.25, 0.3) is 5.91 Å². The molecule has 3 aromatic carbocycles. The number of nitrogens with zero attached hydrogens (tertiary/aromatic N) is 1. The Labute approximate surface area is 192 Å². The van der Waals surface area contributed by atoms with Crippen LogP contribution in [0.25, 0.3) is 0 Å². The minimum absolute atomic E-state index is 0.131. The first-order valence-corrected chi connectivity index (χ1v) is 11.7. The Bertz CT molecular complexity index is 1090. The van der Waals surface area contributed by atoms with Crippen LogP contribution in [0.15, 0.2) is 77.7 Å². The van der Waals surface area contributed by atoms with Crippen molar-refractivity contribution in [3.8, 4) is 11.5 Å². The zero-order valence-corrected chi connectivity index (χ0v) is 18.9. The lowest BCUT2D eigenvalue weighted by molar-refractivity contribution is -0.127. The monoisotopic (exact) mass is 446 g/mol. The minimum Gasteiger partial charge on any atom is -0.457 e. The summed E-state index contributed by atoms with van der Waals surface area (Å²) in [4.78, 5) is 28.0. The van der Waals surface area contributed by atoms with E-state index >= 15 is 0 Å². The molecule has 0 aliphatic carbocycles. The van der Waals surface area contributed by atoms with Crippen molar-refractivity contribution in [2.45, 2.75) is 24.7 Å². The van der Waals surface area contributed by atoms with E-state index in [1.165, 1.54) is 11.8 Å². The first-order chi connectivity index (χ1) is 15.6. The van der Waals surface area contributed by atoms with Gasteiger partial charge in [-0.05, 0) is 73.9 Å². The van der Waals surface area contributed by atoms with Gasteiger partial charge in [0.1, 0.15) is 11.5 Å². The van der Waals surface area contributed by atoms with E-state index in [4.69, 9.17) is 4.74 Å². The molecule has 0 aromatic heterocycles. The molecule has 4 rings (SSSR count). The number of thioether (sulfide) groups is 1. The minimum atomic E-state index is -0.200. The molecule has 6 heteroatoms. The zero-order chi connectivity index (χ0) is 22.3. The van der Waals surface area contributed by atoms with Gasteiger partial charge in [0.2, 0.25) is 5.91 Å². The van der Waals surface area contributed by atoms with Crippen molar-refractivity contribution in [1.82, 2.24) is 4.90 Å². The summed E-state index contributed by atoms with van der Waals surface area (Å²) in [6.45, 7) is 3.69. The molecule has 0 saturated carbocycles. The molecule has 0 atom stereocenters. The van der Waals surface area contributed by atoms with E-state index in [-0.39, 0.29) is 11.8 Å². The lowest BCUT2D eigenvalue weighted by Crippen LogP contribution is -2.29. The van der Waals surface area contributed by atoms with Crippen molar-refractivity contribution in [3.05, 3.63) is 83.9 Å². The van der Waals surface area contributed by atoms with Crippen molar-refractivity contribution >= 4 is 29.3 Å². The summed E-state index contributed by atoms with van der Waals surface area (Å²) in [7, 11) is 0. The number of hydrogen-bond donors (Lipinski definition) is 1. The predicted octanol–water partition coefficient (Wildman–Crippen LogP) is 5.75. The van der Waals surface area contributed by atoms with E-state index in [9.17, 15) is 9.59 Å². The molecule has 1 aliphatic rings. The highest BCUT2D eigenvalue weighted by atomic mass is 32.2. The normalized spacial score (nSPS) is 13.1. The quantitative estimate of drug-likeness (QED) is 0.469. The van der Waals surface area contributed by atoms with Crippen LogP contribution in [-0.2, 0) is 4.79 Å². The zero-order valence-electron chi connectivity index (χ0n) is 18.0.